The van der Waals surface area contributed by atoms with E-state index in [0.717, 1.165) is 70.9 Å². The highest BCUT2D eigenvalue weighted by Crippen LogP contribution is 2.09. The Morgan fingerprint density at radius 1 is 0.969 bits per heavy atom. The lowest BCUT2D eigenvalue weighted by Gasteiger charge is -2.38. The molecule has 3 heterocycles. The zero-order chi connectivity index (χ0) is 22.3. The van der Waals surface area contributed by atoms with Gasteiger partial charge < -0.3 is 15.1 Å². The fourth-order valence-corrected chi connectivity index (χ4v) is 3.95. The molecule has 2 fully saturated rings. The summed E-state index contributed by atoms with van der Waals surface area (Å²) in [5.74, 6) is 6.36. The first-order valence-electron chi connectivity index (χ1n) is 11.0. The molecule has 4 rings (SSSR count). The molecular formula is C23H28N6O3. The van der Waals surface area contributed by atoms with Crippen molar-refractivity contribution in [2.75, 3.05) is 58.9 Å². The fourth-order valence-electron chi connectivity index (χ4n) is 3.95. The number of aromatic nitrogens is 2. The maximum absolute atomic E-state index is 12.6. The SMILES string of the molecule is O=C(N1CCNCC1)N1CCN(CCC#Cc2cccc(-n3ccc(=O)[nH]c3=O)c2)CC1. The van der Waals surface area contributed by atoms with Crippen LogP contribution < -0.4 is 16.6 Å². The summed E-state index contributed by atoms with van der Waals surface area (Å²) in [6, 6.07) is 8.84. The summed E-state index contributed by atoms with van der Waals surface area (Å²) in [5.41, 5.74) is 0.573. The van der Waals surface area contributed by atoms with Gasteiger partial charge >= 0.3 is 11.7 Å². The quantitative estimate of drug-likeness (QED) is 0.656. The highest BCUT2D eigenvalue weighted by Gasteiger charge is 2.25. The number of H-pyrrole nitrogens is 1. The molecule has 2 saturated heterocycles. The van der Waals surface area contributed by atoms with Gasteiger partial charge in [-0.05, 0) is 18.2 Å². The molecule has 0 saturated carbocycles. The molecule has 1 aromatic heterocycles. The molecule has 9 heteroatoms. The van der Waals surface area contributed by atoms with Crippen molar-refractivity contribution in [2.24, 2.45) is 0 Å². The van der Waals surface area contributed by atoms with Gasteiger partial charge in [-0.3, -0.25) is 19.2 Å². The van der Waals surface area contributed by atoms with E-state index in [9.17, 15) is 14.4 Å². The minimum Gasteiger partial charge on any atom is -0.322 e. The number of carbonyl (C=O) groups excluding carboxylic acids is 1. The zero-order valence-corrected chi connectivity index (χ0v) is 18.0. The predicted octanol–water partition coefficient (Wildman–Crippen LogP) is -0.0898. The van der Waals surface area contributed by atoms with Crippen LogP contribution in [-0.2, 0) is 0 Å². The third-order valence-corrected chi connectivity index (χ3v) is 5.76. The van der Waals surface area contributed by atoms with E-state index < -0.39 is 11.2 Å². The van der Waals surface area contributed by atoms with E-state index in [0.29, 0.717) is 5.69 Å². The Hall–Kier alpha value is -3.35. The van der Waals surface area contributed by atoms with Gasteiger partial charge in [-0.2, -0.15) is 0 Å². The Morgan fingerprint density at radius 3 is 2.47 bits per heavy atom. The Kier molecular flexibility index (Phi) is 7.04. The standard InChI is InChI=1S/C23H28N6O3/c30-21-7-11-29(22(31)25-21)20-6-3-5-19(18-20)4-1-2-10-26-14-16-28(17-15-26)23(32)27-12-8-24-9-13-27/h3,5-7,11,18,24H,2,8-10,12-17H2,(H,25,30,31). The van der Waals surface area contributed by atoms with Crippen molar-refractivity contribution in [1.82, 2.24) is 29.6 Å². The monoisotopic (exact) mass is 436 g/mol. The molecule has 2 N–H and O–H groups in total. The first-order valence-corrected chi connectivity index (χ1v) is 11.0. The molecule has 2 aromatic rings. The van der Waals surface area contributed by atoms with Crippen molar-refractivity contribution < 1.29 is 4.79 Å². The minimum absolute atomic E-state index is 0.160. The number of hydrogen-bond donors (Lipinski definition) is 2. The summed E-state index contributed by atoms with van der Waals surface area (Å²) >= 11 is 0. The molecule has 0 spiro atoms. The van der Waals surface area contributed by atoms with Crippen LogP contribution in [0.15, 0.2) is 46.1 Å². The van der Waals surface area contributed by atoms with Crippen molar-refractivity contribution in [3.63, 3.8) is 0 Å². The van der Waals surface area contributed by atoms with Crippen molar-refractivity contribution in [1.29, 1.82) is 0 Å². The highest BCUT2D eigenvalue weighted by molar-refractivity contribution is 5.74. The maximum Gasteiger partial charge on any atom is 0.332 e. The van der Waals surface area contributed by atoms with E-state index in [4.69, 9.17) is 0 Å². The average Bonchev–Trinajstić information content (AvgIpc) is 2.82. The third kappa shape index (κ3) is 5.46. The van der Waals surface area contributed by atoms with Gasteiger partial charge in [0.05, 0.1) is 5.69 Å². The van der Waals surface area contributed by atoms with Crippen LogP contribution in [0.3, 0.4) is 0 Å². The van der Waals surface area contributed by atoms with Gasteiger partial charge in [0.15, 0.2) is 0 Å². The molecule has 1 aromatic carbocycles. The molecular weight excluding hydrogens is 408 g/mol. The lowest BCUT2D eigenvalue weighted by atomic mass is 10.2. The average molecular weight is 437 g/mol. The number of amides is 2. The number of nitrogens with zero attached hydrogens (tertiary/aromatic N) is 4. The maximum atomic E-state index is 12.6. The van der Waals surface area contributed by atoms with Crippen molar-refractivity contribution in [3.05, 3.63) is 62.9 Å². The summed E-state index contributed by atoms with van der Waals surface area (Å²) < 4.78 is 1.38. The largest absolute Gasteiger partial charge is 0.332 e. The Balaban J connectivity index is 1.26. The first-order chi connectivity index (χ1) is 15.6. The Bertz CT molecular complexity index is 1110. The molecule has 9 nitrogen and oxygen atoms in total. The Labute approximate surface area is 186 Å². The van der Waals surface area contributed by atoms with Crippen molar-refractivity contribution >= 4 is 6.03 Å². The Morgan fingerprint density at radius 2 is 1.72 bits per heavy atom. The summed E-state index contributed by atoms with van der Waals surface area (Å²) in [7, 11) is 0. The molecule has 168 valence electrons. The number of aromatic amines is 1. The zero-order valence-electron chi connectivity index (χ0n) is 18.0. The second-order valence-corrected chi connectivity index (χ2v) is 7.93. The normalized spacial score (nSPS) is 17.0. The number of rotatable bonds is 3. The van der Waals surface area contributed by atoms with E-state index in [2.05, 4.69) is 27.0 Å². The van der Waals surface area contributed by atoms with Crippen LogP contribution in [0, 0.1) is 11.8 Å². The van der Waals surface area contributed by atoms with Gasteiger partial charge in [-0.1, -0.05) is 17.9 Å². The summed E-state index contributed by atoms with van der Waals surface area (Å²) in [4.78, 5) is 44.3. The number of benzene rings is 1. The predicted molar refractivity (Wildman–Crippen MR) is 122 cm³/mol. The van der Waals surface area contributed by atoms with Crippen LogP contribution in [0.5, 0.6) is 0 Å². The van der Waals surface area contributed by atoms with Crippen LogP contribution in [0.1, 0.15) is 12.0 Å². The molecule has 0 aliphatic carbocycles. The third-order valence-electron chi connectivity index (χ3n) is 5.76. The second kappa shape index (κ2) is 10.3. The molecule has 0 radical (unpaired) electrons. The van der Waals surface area contributed by atoms with E-state index in [1.165, 1.54) is 16.8 Å². The topological polar surface area (TPSA) is 93.7 Å². The smallest absolute Gasteiger partial charge is 0.322 e. The molecule has 32 heavy (non-hydrogen) atoms. The number of nitrogens with one attached hydrogen (secondary N) is 2. The van der Waals surface area contributed by atoms with Gasteiger partial charge in [-0.25, -0.2) is 9.59 Å². The summed E-state index contributed by atoms with van der Waals surface area (Å²) in [6.07, 6.45) is 2.19. The van der Waals surface area contributed by atoms with Gasteiger partial charge in [-0.15, -0.1) is 0 Å². The lowest BCUT2D eigenvalue weighted by molar-refractivity contribution is 0.110. The molecule has 2 aliphatic rings. The van der Waals surface area contributed by atoms with Gasteiger partial charge in [0.25, 0.3) is 5.56 Å². The summed E-state index contributed by atoms with van der Waals surface area (Å²) in [5, 5.41) is 3.27. The van der Waals surface area contributed by atoms with Crippen molar-refractivity contribution in [3.8, 4) is 17.5 Å². The van der Waals surface area contributed by atoms with Crippen LogP contribution in [0.25, 0.3) is 5.69 Å². The minimum atomic E-state index is -0.475. The van der Waals surface area contributed by atoms with Gasteiger partial charge in [0, 0.05) is 83.2 Å². The molecule has 0 bridgehead atoms. The van der Waals surface area contributed by atoms with E-state index in [-0.39, 0.29) is 6.03 Å². The van der Waals surface area contributed by atoms with Crippen molar-refractivity contribution in [2.45, 2.75) is 6.42 Å². The first kappa shape index (κ1) is 21.9. The fraction of sp³-hybridized carbons (Fsp3) is 0.435. The number of carbonyl (C=O) groups is 1. The molecule has 2 amide bonds. The molecule has 2 aliphatic heterocycles. The lowest BCUT2D eigenvalue weighted by Crippen LogP contribution is -2.56. The molecule has 0 unspecified atom stereocenters. The number of urea groups is 1. The van der Waals surface area contributed by atoms with Crippen LogP contribution in [0.2, 0.25) is 0 Å². The van der Waals surface area contributed by atoms with Gasteiger partial charge in [0.1, 0.15) is 0 Å². The second-order valence-electron chi connectivity index (χ2n) is 7.93. The number of hydrogen-bond acceptors (Lipinski definition) is 5. The van der Waals surface area contributed by atoms with Crippen LogP contribution in [0.4, 0.5) is 4.79 Å². The van der Waals surface area contributed by atoms with Crippen LogP contribution in [-0.4, -0.2) is 89.2 Å². The van der Waals surface area contributed by atoms with E-state index in [1.54, 1.807) is 6.07 Å². The van der Waals surface area contributed by atoms with Crippen LogP contribution >= 0.6 is 0 Å². The van der Waals surface area contributed by atoms with E-state index in [1.807, 2.05) is 28.0 Å². The van der Waals surface area contributed by atoms with Gasteiger partial charge in [0.2, 0.25) is 0 Å². The molecule has 0 atom stereocenters. The number of piperazine rings is 2. The highest BCUT2D eigenvalue weighted by atomic mass is 16.2. The van der Waals surface area contributed by atoms with E-state index >= 15 is 0 Å². The summed E-state index contributed by atoms with van der Waals surface area (Å²) in [6.45, 7) is 7.41.